The summed E-state index contributed by atoms with van der Waals surface area (Å²) < 4.78 is 0. The summed E-state index contributed by atoms with van der Waals surface area (Å²) in [6, 6.07) is 1.61. The zero-order chi connectivity index (χ0) is 11.4. The lowest BCUT2D eigenvalue weighted by atomic mass is 10.0. The van der Waals surface area contributed by atoms with Gasteiger partial charge in [-0.15, -0.1) is 0 Å². The Hall–Kier alpha value is -1.32. The van der Waals surface area contributed by atoms with E-state index >= 15 is 0 Å². The van der Waals surface area contributed by atoms with Gasteiger partial charge < -0.3 is 10.8 Å². The molecule has 0 spiro atoms. The van der Waals surface area contributed by atoms with Crippen LogP contribution >= 0.6 is 0 Å². The monoisotopic (exact) mass is 207 g/mol. The Bertz CT molecular complexity index is 378. The Morgan fingerprint density at radius 1 is 1.20 bits per heavy atom. The van der Waals surface area contributed by atoms with Gasteiger partial charge in [0.05, 0.1) is 5.69 Å². The van der Waals surface area contributed by atoms with Crippen molar-refractivity contribution < 1.29 is 5.11 Å². The number of rotatable bonds is 1. The van der Waals surface area contributed by atoms with Gasteiger partial charge >= 0.3 is 0 Å². The van der Waals surface area contributed by atoms with Crippen LogP contribution < -0.4 is 5.73 Å². The van der Waals surface area contributed by atoms with Crippen LogP contribution in [0.2, 0.25) is 0 Å². The molecule has 0 radical (unpaired) electrons. The third kappa shape index (κ3) is 1.28. The molecule has 1 aliphatic carbocycles. The molecule has 0 bridgehead atoms. The van der Waals surface area contributed by atoms with Gasteiger partial charge in [-0.2, -0.15) is 4.98 Å². The van der Waals surface area contributed by atoms with Crippen molar-refractivity contribution in [2.45, 2.75) is 33.6 Å². The van der Waals surface area contributed by atoms with Crippen molar-refractivity contribution in [1.82, 2.24) is 9.97 Å². The summed E-state index contributed by atoms with van der Waals surface area (Å²) in [5, 5.41) is 9.38. The molecule has 0 atom stereocenters. The van der Waals surface area contributed by atoms with Gasteiger partial charge in [-0.3, -0.25) is 0 Å². The van der Waals surface area contributed by atoms with Crippen LogP contribution in [0, 0.1) is 10.8 Å². The van der Waals surface area contributed by atoms with Crippen molar-refractivity contribution >= 4 is 5.95 Å². The number of nitrogen functional groups attached to an aromatic ring is 1. The molecule has 0 aliphatic heterocycles. The van der Waals surface area contributed by atoms with Gasteiger partial charge in [-0.1, -0.05) is 27.7 Å². The molecular weight excluding hydrogens is 190 g/mol. The maximum absolute atomic E-state index is 9.38. The molecule has 0 unspecified atom stereocenters. The van der Waals surface area contributed by atoms with Crippen LogP contribution in [0.4, 0.5) is 5.95 Å². The second-order valence-electron chi connectivity index (χ2n) is 5.39. The maximum Gasteiger partial charge on any atom is 0.223 e. The lowest BCUT2D eigenvalue weighted by Crippen LogP contribution is -2.00. The van der Waals surface area contributed by atoms with E-state index in [0.29, 0.717) is 5.92 Å². The maximum atomic E-state index is 9.38. The van der Waals surface area contributed by atoms with Gasteiger partial charge in [0.25, 0.3) is 0 Å². The lowest BCUT2D eigenvalue weighted by Gasteiger charge is -2.03. The molecule has 82 valence electrons. The van der Waals surface area contributed by atoms with Gasteiger partial charge in [0.2, 0.25) is 11.8 Å². The van der Waals surface area contributed by atoms with Crippen molar-refractivity contribution in [2.24, 2.45) is 10.8 Å². The predicted octanol–water partition coefficient (Wildman–Crippen LogP) is 1.91. The Balaban J connectivity index is 2.41. The van der Waals surface area contributed by atoms with E-state index < -0.39 is 0 Å². The lowest BCUT2D eigenvalue weighted by molar-refractivity contribution is 0.451. The molecular formula is C11H17N3O. The largest absolute Gasteiger partial charge is 0.493 e. The summed E-state index contributed by atoms with van der Waals surface area (Å²) in [4.78, 5) is 7.86. The fourth-order valence-corrected chi connectivity index (χ4v) is 2.56. The SMILES string of the molecule is CC1(C)C(c2cc(O)nc(N)n2)C1(C)C. The van der Waals surface area contributed by atoms with Gasteiger partial charge in [0, 0.05) is 12.0 Å². The van der Waals surface area contributed by atoms with Crippen LogP contribution in [-0.4, -0.2) is 15.1 Å². The second kappa shape index (κ2) is 2.62. The fourth-order valence-electron chi connectivity index (χ4n) is 2.56. The molecule has 1 aromatic heterocycles. The molecule has 2 rings (SSSR count). The highest BCUT2D eigenvalue weighted by Gasteiger charge is 2.65. The summed E-state index contributed by atoms with van der Waals surface area (Å²) in [5.41, 5.74) is 6.75. The first-order chi connectivity index (χ1) is 6.76. The zero-order valence-electron chi connectivity index (χ0n) is 9.57. The van der Waals surface area contributed by atoms with E-state index in [4.69, 9.17) is 5.73 Å². The highest BCUT2D eigenvalue weighted by molar-refractivity contribution is 5.36. The molecule has 3 N–H and O–H groups in total. The van der Waals surface area contributed by atoms with Gasteiger partial charge in [0.15, 0.2) is 0 Å². The number of hydrogen-bond acceptors (Lipinski definition) is 4. The average molecular weight is 207 g/mol. The number of anilines is 1. The molecule has 0 amide bonds. The molecule has 4 nitrogen and oxygen atoms in total. The van der Waals surface area contributed by atoms with Crippen molar-refractivity contribution in [3.8, 4) is 5.88 Å². The fraction of sp³-hybridized carbons (Fsp3) is 0.636. The first-order valence-electron chi connectivity index (χ1n) is 5.10. The van der Waals surface area contributed by atoms with Crippen LogP contribution in [0.15, 0.2) is 6.07 Å². The number of aromatic hydroxyl groups is 1. The second-order valence-corrected chi connectivity index (χ2v) is 5.39. The third-order valence-electron chi connectivity index (χ3n) is 4.07. The van der Waals surface area contributed by atoms with Crippen molar-refractivity contribution in [1.29, 1.82) is 0 Å². The molecule has 1 saturated carbocycles. The normalized spacial score (nSPS) is 22.7. The van der Waals surface area contributed by atoms with Crippen LogP contribution in [0.5, 0.6) is 5.88 Å². The quantitative estimate of drug-likeness (QED) is 0.738. The molecule has 1 aliphatic rings. The van der Waals surface area contributed by atoms with E-state index in [0.717, 1.165) is 5.69 Å². The summed E-state index contributed by atoms with van der Waals surface area (Å²) in [6.07, 6.45) is 0. The van der Waals surface area contributed by atoms with Crippen LogP contribution in [0.3, 0.4) is 0 Å². The Labute approximate surface area is 89.6 Å². The molecule has 0 aromatic carbocycles. The van der Waals surface area contributed by atoms with Gasteiger partial charge in [-0.25, -0.2) is 4.98 Å². The minimum Gasteiger partial charge on any atom is -0.493 e. The minimum atomic E-state index is -0.0454. The molecule has 15 heavy (non-hydrogen) atoms. The number of aromatic nitrogens is 2. The van der Waals surface area contributed by atoms with Crippen molar-refractivity contribution in [2.75, 3.05) is 5.73 Å². The van der Waals surface area contributed by atoms with Crippen molar-refractivity contribution in [3.05, 3.63) is 11.8 Å². The zero-order valence-corrected chi connectivity index (χ0v) is 9.57. The van der Waals surface area contributed by atoms with Crippen LogP contribution in [-0.2, 0) is 0 Å². The van der Waals surface area contributed by atoms with Crippen LogP contribution in [0.1, 0.15) is 39.3 Å². The van der Waals surface area contributed by atoms with E-state index in [1.54, 1.807) is 6.07 Å². The summed E-state index contributed by atoms with van der Waals surface area (Å²) in [6.45, 7) is 8.81. The van der Waals surface area contributed by atoms with E-state index in [2.05, 4.69) is 37.7 Å². The topological polar surface area (TPSA) is 72.0 Å². The molecule has 0 saturated heterocycles. The standard InChI is InChI=1S/C11H17N3O/c1-10(2)8(11(10,3)4)6-5-7(15)14-9(12)13-6/h5,8H,1-4H3,(H3,12,13,14,15). The first kappa shape index (κ1) is 10.2. The van der Waals surface area contributed by atoms with E-state index in [9.17, 15) is 5.11 Å². The molecule has 4 heteroatoms. The third-order valence-corrected chi connectivity index (χ3v) is 4.07. The Morgan fingerprint density at radius 2 is 1.73 bits per heavy atom. The minimum absolute atomic E-state index is 0.0454. The van der Waals surface area contributed by atoms with Crippen molar-refractivity contribution in [3.63, 3.8) is 0 Å². The van der Waals surface area contributed by atoms with Gasteiger partial charge in [0.1, 0.15) is 0 Å². The first-order valence-corrected chi connectivity index (χ1v) is 5.10. The van der Waals surface area contributed by atoms with E-state index in [-0.39, 0.29) is 22.7 Å². The predicted molar refractivity (Wildman–Crippen MR) is 58.4 cm³/mol. The molecule has 1 heterocycles. The highest BCUT2D eigenvalue weighted by Crippen LogP contribution is 2.73. The molecule has 1 aromatic rings. The Morgan fingerprint density at radius 3 is 2.13 bits per heavy atom. The van der Waals surface area contributed by atoms with E-state index in [1.807, 2.05) is 0 Å². The number of nitrogens with zero attached hydrogens (tertiary/aromatic N) is 2. The van der Waals surface area contributed by atoms with E-state index in [1.165, 1.54) is 0 Å². The summed E-state index contributed by atoms with van der Waals surface area (Å²) in [5.74, 6) is 0.431. The summed E-state index contributed by atoms with van der Waals surface area (Å²) in [7, 11) is 0. The average Bonchev–Trinajstić information content (AvgIpc) is 2.39. The van der Waals surface area contributed by atoms with Gasteiger partial charge in [-0.05, 0) is 10.8 Å². The Kier molecular flexibility index (Phi) is 1.78. The molecule has 1 fully saturated rings. The summed E-state index contributed by atoms with van der Waals surface area (Å²) >= 11 is 0. The number of hydrogen-bond donors (Lipinski definition) is 2. The van der Waals surface area contributed by atoms with Crippen LogP contribution in [0.25, 0.3) is 0 Å². The number of nitrogens with two attached hydrogens (primary N) is 1. The smallest absolute Gasteiger partial charge is 0.223 e. The highest BCUT2D eigenvalue weighted by atomic mass is 16.3.